The average Bonchev–Trinajstić information content (AvgIpc) is 3.16. The second-order valence-corrected chi connectivity index (χ2v) is 6.58. The lowest BCUT2D eigenvalue weighted by Gasteiger charge is -2.30. The highest BCUT2D eigenvalue weighted by Gasteiger charge is 2.47. The molecule has 6 nitrogen and oxygen atoms in total. The van der Waals surface area contributed by atoms with Gasteiger partial charge in [-0.1, -0.05) is 6.07 Å². The second-order valence-electron chi connectivity index (χ2n) is 6.58. The van der Waals surface area contributed by atoms with Crippen LogP contribution in [0.5, 0.6) is 0 Å². The number of carbonyl (C=O) groups excluding carboxylic acids is 1. The molecule has 2 aromatic heterocycles. The van der Waals surface area contributed by atoms with Crippen molar-refractivity contribution >= 4 is 11.6 Å². The first kappa shape index (κ1) is 14.4. The molecule has 0 aromatic carbocycles. The lowest BCUT2D eigenvalue weighted by molar-refractivity contribution is 0.0859. The van der Waals surface area contributed by atoms with Crippen LogP contribution in [-0.2, 0) is 0 Å². The van der Waals surface area contributed by atoms with Crippen molar-refractivity contribution in [1.29, 1.82) is 0 Å². The number of hydrogen-bond acceptors (Lipinski definition) is 4. The van der Waals surface area contributed by atoms with Gasteiger partial charge >= 0.3 is 0 Å². The summed E-state index contributed by atoms with van der Waals surface area (Å²) >= 11 is 0. The normalized spacial score (nSPS) is 29.1. The highest BCUT2D eigenvalue weighted by molar-refractivity contribution is 5.94. The number of pyridine rings is 1. The van der Waals surface area contributed by atoms with E-state index in [-0.39, 0.29) is 29.7 Å². The Morgan fingerprint density at radius 3 is 3.00 bits per heavy atom. The van der Waals surface area contributed by atoms with E-state index in [1.54, 1.807) is 24.4 Å². The van der Waals surface area contributed by atoms with Gasteiger partial charge < -0.3 is 10.4 Å². The summed E-state index contributed by atoms with van der Waals surface area (Å²) in [7, 11) is 0. The Labute approximate surface area is 133 Å². The Morgan fingerprint density at radius 2 is 2.17 bits per heavy atom. The van der Waals surface area contributed by atoms with E-state index in [0.29, 0.717) is 17.5 Å². The fourth-order valence-corrected chi connectivity index (χ4v) is 4.31. The maximum absolute atomic E-state index is 12.6. The zero-order chi connectivity index (χ0) is 16.0. The summed E-state index contributed by atoms with van der Waals surface area (Å²) in [6, 6.07) is 5.21. The molecule has 2 heterocycles. The van der Waals surface area contributed by atoms with Gasteiger partial charge in [-0.05, 0) is 43.2 Å². The maximum atomic E-state index is 12.6. The van der Waals surface area contributed by atoms with Gasteiger partial charge in [0, 0.05) is 31.0 Å². The highest BCUT2D eigenvalue weighted by atomic mass is 16.3. The van der Waals surface area contributed by atoms with Crippen molar-refractivity contribution in [2.24, 2.45) is 17.8 Å². The number of aliphatic hydroxyl groups is 1. The van der Waals surface area contributed by atoms with Crippen molar-refractivity contribution in [2.45, 2.75) is 25.3 Å². The largest absolute Gasteiger partial charge is 0.396 e. The van der Waals surface area contributed by atoms with Crippen LogP contribution in [0.3, 0.4) is 0 Å². The summed E-state index contributed by atoms with van der Waals surface area (Å²) in [6.45, 7) is 0.0844. The van der Waals surface area contributed by atoms with Gasteiger partial charge in [0.2, 0.25) is 0 Å². The van der Waals surface area contributed by atoms with Crippen LogP contribution in [0.15, 0.2) is 35.4 Å². The summed E-state index contributed by atoms with van der Waals surface area (Å²) in [5.74, 6) is 0.619. The van der Waals surface area contributed by atoms with Gasteiger partial charge in [0.05, 0.1) is 0 Å². The molecular formula is C17H19N3O3. The monoisotopic (exact) mass is 313 g/mol. The Bertz CT molecular complexity index is 816. The molecule has 2 bridgehead atoms. The van der Waals surface area contributed by atoms with Crippen molar-refractivity contribution in [3.05, 3.63) is 46.5 Å². The van der Waals surface area contributed by atoms with E-state index in [9.17, 15) is 14.7 Å². The molecule has 23 heavy (non-hydrogen) atoms. The molecule has 2 aliphatic carbocycles. The molecule has 0 saturated heterocycles. The number of aliphatic hydroxyl groups excluding tert-OH is 1. The van der Waals surface area contributed by atoms with E-state index in [4.69, 9.17) is 0 Å². The predicted octanol–water partition coefficient (Wildman–Crippen LogP) is 0.831. The molecule has 2 fully saturated rings. The summed E-state index contributed by atoms with van der Waals surface area (Å²) in [5, 5.41) is 12.6. The minimum Gasteiger partial charge on any atom is -0.396 e. The first-order valence-electron chi connectivity index (χ1n) is 8.07. The Morgan fingerprint density at radius 1 is 1.35 bits per heavy atom. The smallest absolute Gasteiger partial charge is 0.270 e. The summed E-state index contributed by atoms with van der Waals surface area (Å²) < 4.78 is 1.37. The van der Waals surface area contributed by atoms with Gasteiger partial charge in [-0.3, -0.25) is 14.0 Å². The minimum absolute atomic E-state index is 0.0397. The molecule has 4 unspecified atom stereocenters. The van der Waals surface area contributed by atoms with Crippen LogP contribution in [0.4, 0.5) is 0 Å². The highest BCUT2D eigenvalue weighted by Crippen LogP contribution is 2.48. The van der Waals surface area contributed by atoms with E-state index < -0.39 is 5.91 Å². The van der Waals surface area contributed by atoms with Crippen molar-refractivity contribution in [1.82, 2.24) is 14.7 Å². The maximum Gasteiger partial charge on any atom is 0.270 e. The quantitative estimate of drug-likeness (QED) is 0.879. The first-order valence-corrected chi connectivity index (χ1v) is 8.07. The van der Waals surface area contributed by atoms with E-state index in [1.807, 2.05) is 0 Å². The Kier molecular flexibility index (Phi) is 3.41. The van der Waals surface area contributed by atoms with Gasteiger partial charge in [-0.2, -0.15) is 0 Å². The zero-order valence-electron chi connectivity index (χ0n) is 12.7. The molecule has 2 N–H and O–H groups in total. The molecule has 0 spiro atoms. The lowest BCUT2D eigenvalue weighted by atomic mass is 9.85. The number of aromatic nitrogens is 2. The molecule has 1 amide bonds. The SMILES string of the molecule is O=C(NC1C2CCC(C2)C1CO)c1cnc2ccccn2c1=O. The molecule has 120 valence electrons. The fraction of sp³-hybridized carbons (Fsp3) is 0.471. The number of carbonyl (C=O) groups is 1. The number of nitrogens with zero attached hydrogens (tertiary/aromatic N) is 2. The van der Waals surface area contributed by atoms with Crippen molar-refractivity contribution in [2.75, 3.05) is 6.61 Å². The topological polar surface area (TPSA) is 83.7 Å². The fourth-order valence-electron chi connectivity index (χ4n) is 4.31. The van der Waals surface area contributed by atoms with Gasteiger partial charge in [0.15, 0.2) is 0 Å². The third-order valence-corrected chi connectivity index (χ3v) is 5.46. The molecule has 4 atom stereocenters. The number of rotatable bonds is 3. The molecule has 2 aliphatic rings. The standard InChI is InChI=1S/C17H19N3O3/c21-9-13-10-4-5-11(7-10)15(13)19-16(22)12-8-18-14-3-1-2-6-20(14)17(12)23/h1-3,6,8,10-11,13,15,21H,4-5,7,9H2,(H,19,22). The van der Waals surface area contributed by atoms with Crippen LogP contribution in [0, 0.1) is 17.8 Å². The molecular weight excluding hydrogens is 294 g/mol. The van der Waals surface area contributed by atoms with Crippen LogP contribution in [-0.4, -0.2) is 33.0 Å². The third-order valence-electron chi connectivity index (χ3n) is 5.46. The van der Waals surface area contributed by atoms with E-state index in [0.717, 1.165) is 19.3 Å². The van der Waals surface area contributed by atoms with Crippen LogP contribution in [0.1, 0.15) is 29.6 Å². The number of hydrogen-bond donors (Lipinski definition) is 2. The molecule has 0 aliphatic heterocycles. The first-order chi connectivity index (χ1) is 11.2. The second kappa shape index (κ2) is 5.45. The van der Waals surface area contributed by atoms with E-state index >= 15 is 0 Å². The van der Waals surface area contributed by atoms with Gasteiger partial charge in [0.25, 0.3) is 11.5 Å². The molecule has 4 rings (SSSR count). The van der Waals surface area contributed by atoms with Gasteiger partial charge in [0.1, 0.15) is 11.2 Å². The van der Waals surface area contributed by atoms with Gasteiger partial charge in [-0.25, -0.2) is 4.98 Å². The molecule has 6 heteroatoms. The van der Waals surface area contributed by atoms with Crippen LogP contribution in [0.2, 0.25) is 0 Å². The molecule has 2 saturated carbocycles. The van der Waals surface area contributed by atoms with Crippen molar-refractivity contribution < 1.29 is 9.90 Å². The zero-order valence-corrected chi connectivity index (χ0v) is 12.7. The van der Waals surface area contributed by atoms with Crippen molar-refractivity contribution in [3.63, 3.8) is 0 Å². The van der Waals surface area contributed by atoms with E-state index in [2.05, 4.69) is 10.3 Å². The van der Waals surface area contributed by atoms with Crippen LogP contribution in [0.25, 0.3) is 5.65 Å². The van der Waals surface area contributed by atoms with E-state index in [1.165, 1.54) is 10.6 Å². The minimum atomic E-state index is -0.392. The summed E-state index contributed by atoms with van der Waals surface area (Å²) in [4.78, 5) is 29.2. The third kappa shape index (κ3) is 2.25. The summed E-state index contributed by atoms with van der Waals surface area (Å²) in [6.07, 6.45) is 6.22. The van der Waals surface area contributed by atoms with Crippen LogP contribution < -0.4 is 10.9 Å². The number of amides is 1. The number of nitrogens with one attached hydrogen (secondary N) is 1. The predicted molar refractivity (Wildman–Crippen MR) is 84.1 cm³/mol. The molecule has 0 radical (unpaired) electrons. The Balaban J connectivity index is 1.63. The summed E-state index contributed by atoms with van der Waals surface area (Å²) in [5.41, 5.74) is 0.201. The lowest BCUT2D eigenvalue weighted by Crippen LogP contribution is -2.46. The van der Waals surface area contributed by atoms with Crippen molar-refractivity contribution in [3.8, 4) is 0 Å². The van der Waals surface area contributed by atoms with Gasteiger partial charge in [-0.15, -0.1) is 0 Å². The number of fused-ring (bicyclic) bond motifs is 3. The molecule has 2 aromatic rings. The average molecular weight is 313 g/mol. The van der Waals surface area contributed by atoms with Crippen LogP contribution >= 0.6 is 0 Å². The Hall–Kier alpha value is -2.21.